The van der Waals surface area contributed by atoms with E-state index in [1.807, 2.05) is 24.3 Å². The van der Waals surface area contributed by atoms with E-state index in [4.69, 9.17) is 4.74 Å². The molecule has 0 saturated carbocycles. The van der Waals surface area contributed by atoms with Gasteiger partial charge in [0.1, 0.15) is 5.01 Å². The minimum atomic E-state index is -0.582. The number of esters is 1. The fraction of sp³-hybridized carbons (Fsp3) is 0.292. The first-order chi connectivity index (χ1) is 14.6. The van der Waals surface area contributed by atoms with E-state index in [9.17, 15) is 9.59 Å². The number of hydrogen-bond acceptors (Lipinski definition) is 5. The van der Waals surface area contributed by atoms with E-state index in [0.29, 0.717) is 0 Å². The Balaban J connectivity index is 1.33. The zero-order valence-electron chi connectivity index (χ0n) is 16.9. The van der Waals surface area contributed by atoms with E-state index >= 15 is 0 Å². The molecular formula is C24H24N2O3S. The number of nitrogens with one attached hydrogen (secondary N) is 1. The molecule has 0 fully saturated rings. The normalized spacial score (nSPS) is 15.3. The van der Waals surface area contributed by atoms with E-state index < -0.39 is 5.97 Å². The third-order valence-electron chi connectivity index (χ3n) is 5.36. The molecule has 5 nitrogen and oxygen atoms in total. The van der Waals surface area contributed by atoms with Gasteiger partial charge >= 0.3 is 5.97 Å². The van der Waals surface area contributed by atoms with Gasteiger partial charge in [0.05, 0.1) is 6.04 Å². The summed E-state index contributed by atoms with van der Waals surface area (Å²) < 4.78 is 5.20. The van der Waals surface area contributed by atoms with Crippen molar-refractivity contribution in [1.29, 1.82) is 0 Å². The number of benzene rings is 2. The number of aryl methyl sites for hydroxylation is 2. The third kappa shape index (κ3) is 4.60. The molecule has 2 aromatic carbocycles. The topological polar surface area (TPSA) is 68.3 Å². The molecule has 0 radical (unpaired) electrons. The summed E-state index contributed by atoms with van der Waals surface area (Å²) in [4.78, 5) is 29.0. The van der Waals surface area contributed by atoms with Crippen molar-refractivity contribution < 1.29 is 14.3 Å². The van der Waals surface area contributed by atoms with Gasteiger partial charge in [0.2, 0.25) is 0 Å². The molecule has 1 amide bonds. The molecule has 30 heavy (non-hydrogen) atoms. The zero-order chi connectivity index (χ0) is 20.9. The Morgan fingerprint density at radius 1 is 1.17 bits per heavy atom. The molecule has 0 aliphatic heterocycles. The minimum absolute atomic E-state index is 0.0295. The van der Waals surface area contributed by atoms with Gasteiger partial charge in [-0.3, -0.25) is 4.79 Å². The van der Waals surface area contributed by atoms with Gasteiger partial charge < -0.3 is 10.1 Å². The highest BCUT2D eigenvalue weighted by Crippen LogP contribution is 2.29. The first-order valence-electron chi connectivity index (χ1n) is 10.2. The number of rotatable bonds is 6. The number of aromatic nitrogens is 1. The van der Waals surface area contributed by atoms with Crippen LogP contribution in [0, 0.1) is 0 Å². The lowest BCUT2D eigenvalue weighted by Crippen LogP contribution is -2.34. The smallest absolute Gasteiger partial charge is 0.358 e. The van der Waals surface area contributed by atoms with Crippen LogP contribution in [-0.4, -0.2) is 23.5 Å². The van der Waals surface area contributed by atoms with Crippen molar-refractivity contribution in [2.45, 2.75) is 38.6 Å². The second-order valence-corrected chi connectivity index (χ2v) is 8.23. The standard InChI is InChI=1S/C24H24N2O3S/c1-2-16-10-12-18(13-11-16)23-26-21(15-30-23)24(28)29-14-22(27)25-20-9-5-7-17-6-3-4-8-19(17)20/h3-4,6,8,10-13,15,20H,2,5,7,9,14H2,1H3,(H,25,27)/t20-/m1/s1. The van der Waals surface area contributed by atoms with Gasteiger partial charge in [-0.1, -0.05) is 55.5 Å². The average molecular weight is 421 g/mol. The molecule has 1 aliphatic rings. The van der Waals surface area contributed by atoms with Crippen molar-refractivity contribution in [2.75, 3.05) is 6.61 Å². The van der Waals surface area contributed by atoms with Crippen LogP contribution in [0.3, 0.4) is 0 Å². The molecular weight excluding hydrogens is 396 g/mol. The lowest BCUT2D eigenvalue weighted by molar-refractivity contribution is -0.125. The van der Waals surface area contributed by atoms with Crippen LogP contribution in [0.25, 0.3) is 10.6 Å². The lowest BCUT2D eigenvalue weighted by atomic mass is 9.88. The Labute approximate surface area is 180 Å². The summed E-state index contributed by atoms with van der Waals surface area (Å²) in [6, 6.07) is 16.2. The fourth-order valence-corrected chi connectivity index (χ4v) is 4.52. The van der Waals surface area contributed by atoms with Gasteiger partial charge in [-0.25, -0.2) is 9.78 Å². The molecule has 6 heteroatoms. The molecule has 0 bridgehead atoms. The van der Waals surface area contributed by atoms with Gasteiger partial charge in [-0.05, 0) is 42.4 Å². The summed E-state index contributed by atoms with van der Waals surface area (Å²) in [6.45, 7) is 1.80. The highest BCUT2D eigenvalue weighted by molar-refractivity contribution is 7.13. The largest absolute Gasteiger partial charge is 0.451 e. The van der Waals surface area contributed by atoms with Crippen LogP contribution in [0.15, 0.2) is 53.9 Å². The quantitative estimate of drug-likeness (QED) is 0.586. The number of hydrogen-bond donors (Lipinski definition) is 1. The predicted molar refractivity (Wildman–Crippen MR) is 117 cm³/mol. The molecule has 1 aliphatic carbocycles. The van der Waals surface area contributed by atoms with Gasteiger partial charge in [0.15, 0.2) is 12.3 Å². The minimum Gasteiger partial charge on any atom is -0.451 e. The van der Waals surface area contributed by atoms with Gasteiger partial charge in [-0.15, -0.1) is 11.3 Å². The predicted octanol–water partition coefficient (Wildman–Crippen LogP) is 4.72. The SMILES string of the molecule is CCc1ccc(-c2nc(C(=O)OCC(=O)N[C@@H]3CCCc4ccccc43)cs2)cc1. The molecule has 1 aromatic heterocycles. The summed E-state index contributed by atoms with van der Waals surface area (Å²) >= 11 is 1.39. The van der Waals surface area contributed by atoms with Crippen molar-refractivity contribution in [2.24, 2.45) is 0 Å². The number of nitrogens with zero attached hydrogens (tertiary/aromatic N) is 1. The Bertz CT molecular complexity index is 1040. The van der Waals surface area contributed by atoms with E-state index in [2.05, 4.69) is 41.5 Å². The molecule has 3 aromatic rings. The summed E-state index contributed by atoms with van der Waals surface area (Å²) in [7, 11) is 0. The Kier molecular flexibility index (Phi) is 6.23. The molecule has 154 valence electrons. The summed E-state index contributed by atoms with van der Waals surface area (Å²) in [5.74, 6) is -0.877. The summed E-state index contributed by atoms with van der Waals surface area (Å²) in [5.41, 5.74) is 4.87. The van der Waals surface area contributed by atoms with Crippen molar-refractivity contribution in [3.63, 3.8) is 0 Å². The Morgan fingerprint density at radius 3 is 2.77 bits per heavy atom. The second kappa shape index (κ2) is 9.22. The van der Waals surface area contributed by atoms with Crippen LogP contribution in [0.2, 0.25) is 0 Å². The highest BCUT2D eigenvalue weighted by atomic mass is 32.1. The molecule has 1 N–H and O–H groups in total. The van der Waals surface area contributed by atoms with Crippen LogP contribution in [-0.2, 0) is 22.4 Å². The zero-order valence-corrected chi connectivity index (χ0v) is 17.7. The maximum absolute atomic E-state index is 12.3. The Hall–Kier alpha value is -2.99. The Morgan fingerprint density at radius 2 is 1.97 bits per heavy atom. The lowest BCUT2D eigenvalue weighted by Gasteiger charge is -2.26. The van der Waals surface area contributed by atoms with Gasteiger partial charge in [-0.2, -0.15) is 0 Å². The number of thiazole rings is 1. The highest BCUT2D eigenvalue weighted by Gasteiger charge is 2.22. The molecule has 1 atom stereocenters. The van der Waals surface area contributed by atoms with E-state index in [0.717, 1.165) is 41.8 Å². The van der Waals surface area contributed by atoms with E-state index in [-0.39, 0.29) is 24.2 Å². The number of amides is 1. The number of carbonyl (C=O) groups excluding carboxylic acids is 2. The van der Waals surface area contributed by atoms with Gasteiger partial charge in [0, 0.05) is 10.9 Å². The van der Waals surface area contributed by atoms with Crippen LogP contribution in [0.5, 0.6) is 0 Å². The van der Waals surface area contributed by atoms with E-state index in [1.165, 1.54) is 22.5 Å². The summed E-state index contributed by atoms with van der Waals surface area (Å²) in [5, 5.41) is 5.41. The molecule has 1 heterocycles. The monoisotopic (exact) mass is 420 g/mol. The van der Waals surface area contributed by atoms with Crippen LogP contribution < -0.4 is 5.32 Å². The summed E-state index contributed by atoms with van der Waals surface area (Å²) in [6.07, 6.45) is 3.93. The van der Waals surface area contributed by atoms with Crippen LogP contribution in [0.4, 0.5) is 0 Å². The fourth-order valence-electron chi connectivity index (χ4n) is 3.73. The molecule has 4 rings (SSSR count). The number of carbonyl (C=O) groups is 2. The van der Waals surface area contributed by atoms with Crippen molar-refractivity contribution in [3.8, 4) is 10.6 Å². The molecule has 0 saturated heterocycles. The maximum Gasteiger partial charge on any atom is 0.358 e. The van der Waals surface area contributed by atoms with Crippen molar-refractivity contribution in [3.05, 3.63) is 76.3 Å². The third-order valence-corrected chi connectivity index (χ3v) is 6.25. The molecule has 0 unspecified atom stereocenters. The van der Waals surface area contributed by atoms with Crippen molar-refractivity contribution >= 4 is 23.2 Å². The first kappa shape index (κ1) is 20.3. The molecule has 0 spiro atoms. The number of ether oxygens (including phenoxy) is 1. The second-order valence-electron chi connectivity index (χ2n) is 7.38. The van der Waals surface area contributed by atoms with Gasteiger partial charge in [0.25, 0.3) is 5.91 Å². The average Bonchev–Trinajstić information content (AvgIpc) is 3.28. The van der Waals surface area contributed by atoms with E-state index in [1.54, 1.807) is 5.38 Å². The van der Waals surface area contributed by atoms with Crippen LogP contribution in [0.1, 0.15) is 53.0 Å². The first-order valence-corrected chi connectivity index (χ1v) is 11.1. The van der Waals surface area contributed by atoms with Crippen LogP contribution >= 0.6 is 11.3 Å². The van der Waals surface area contributed by atoms with Crippen molar-refractivity contribution in [1.82, 2.24) is 10.3 Å². The maximum atomic E-state index is 12.3. The number of fused-ring (bicyclic) bond motifs is 1.